The van der Waals surface area contributed by atoms with Crippen molar-refractivity contribution >= 4 is 5.91 Å². The van der Waals surface area contributed by atoms with E-state index in [0.717, 1.165) is 16.2 Å². The number of fused-ring (bicyclic) bond motifs is 1. The molecule has 6 heteroatoms. The number of nitrogens with zero attached hydrogens (tertiary/aromatic N) is 1. The molecule has 0 saturated heterocycles. The molecule has 1 unspecified atom stereocenters. The topological polar surface area (TPSA) is 49.8 Å². The normalized spacial score (nSPS) is 17.5. The number of para-hydroxylation sites is 1. The molecule has 1 atom stereocenters. The predicted octanol–water partition coefficient (Wildman–Crippen LogP) is 1.32. The van der Waals surface area contributed by atoms with E-state index >= 15 is 0 Å². The Morgan fingerprint density at radius 1 is 1.45 bits per heavy atom. The minimum atomic E-state index is -2.61. The quantitative estimate of drug-likeness (QED) is 0.888. The zero-order valence-corrected chi connectivity index (χ0v) is 11.0. The van der Waals surface area contributed by atoms with Gasteiger partial charge < -0.3 is 14.7 Å². The van der Waals surface area contributed by atoms with E-state index in [4.69, 9.17) is 9.84 Å². The van der Waals surface area contributed by atoms with E-state index in [1.54, 1.807) is 0 Å². The number of rotatable bonds is 5. The minimum absolute atomic E-state index is 0.0820. The Bertz CT molecular complexity index is 467. The van der Waals surface area contributed by atoms with Gasteiger partial charge in [-0.3, -0.25) is 4.79 Å². The maximum Gasteiger partial charge on any atom is 0.255 e. The fourth-order valence-corrected chi connectivity index (χ4v) is 2.32. The molecule has 0 bridgehead atoms. The molecule has 1 aliphatic heterocycles. The van der Waals surface area contributed by atoms with Crippen molar-refractivity contribution in [3.63, 3.8) is 0 Å². The molecular formula is C14H17F2NO3. The number of hydrogen-bond donors (Lipinski definition) is 1. The minimum Gasteiger partial charge on any atom is -0.492 e. The van der Waals surface area contributed by atoms with Crippen LogP contribution < -0.4 is 4.74 Å². The fraction of sp³-hybridized carbons (Fsp3) is 0.500. The van der Waals surface area contributed by atoms with Crippen molar-refractivity contribution in [1.82, 2.24) is 4.90 Å². The molecule has 1 aliphatic rings. The summed E-state index contributed by atoms with van der Waals surface area (Å²) < 4.78 is 30.4. The van der Waals surface area contributed by atoms with Crippen LogP contribution in [-0.4, -0.2) is 48.6 Å². The third-order valence-electron chi connectivity index (χ3n) is 3.27. The zero-order chi connectivity index (χ0) is 14.5. The van der Waals surface area contributed by atoms with Gasteiger partial charge in [-0.05, 0) is 18.1 Å². The lowest BCUT2D eigenvalue weighted by molar-refractivity contribution is -0.139. The zero-order valence-electron chi connectivity index (χ0n) is 11.0. The summed E-state index contributed by atoms with van der Waals surface area (Å²) >= 11 is 0. The molecule has 1 N–H and O–H groups in total. The molecule has 0 aromatic heterocycles. The Labute approximate surface area is 116 Å². The molecule has 20 heavy (non-hydrogen) atoms. The molecule has 1 aromatic carbocycles. The van der Waals surface area contributed by atoms with Gasteiger partial charge in [0.15, 0.2) is 0 Å². The van der Waals surface area contributed by atoms with Gasteiger partial charge >= 0.3 is 0 Å². The lowest BCUT2D eigenvalue weighted by atomic mass is 9.95. The number of aliphatic hydroxyl groups is 1. The Hall–Kier alpha value is -1.69. The maximum atomic E-state index is 12.5. The first-order valence-electron chi connectivity index (χ1n) is 6.50. The van der Waals surface area contributed by atoms with Crippen LogP contribution in [0.4, 0.5) is 8.78 Å². The number of halogens is 2. The van der Waals surface area contributed by atoms with Gasteiger partial charge in [-0.2, -0.15) is 0 Å². The molecule has 1 heterocycles. The SMILES string of the molecule is O=C(C1COc2ccccc2C1)N(CCO)CC(F)F. The number of aliphatic hydroxyl groups excluding tert-OH is 1. The first kappa shape index (κ1) is 14.7. The third-order valence-corrected chi connectivity index (χ3v) is 3.27. The molecule has 1 aromatic rings. The molecular weight excluding hydrogens is 268 g/mol. The molecule has 0 fully saturated rings. The molecule has 110 valence electrons. The van der Waals surface area contributed by atoms with Gasteiger partial charge in [0.25, 0.3) is 6.43 Å². The number of ether oxygens (including phenoxy) is 1. The second-order valence-electron chi connectivity index (χ2n) is 4.72. The molecule has 4 nitrogen and oxygen atoms in total. The fourth-order valence-electron chi connectivity index (χ4n) is 2.32. The summed E-state index contributed by atoms with van der Waals surface area (Å²) in [5, 5.41) is 8.88. The van der Waals surface area contributed by atoms with Crippen molar-refractivity contribution < 1.29 is 23.4 Å². The summed E-state index contributed by atoms with van der Waals surface area (Å²) in [6.07, 6.45) is -2.14. The van der Waals surface area contributed by atoms with Crippen LogP contribution in [0, 0.1) is 5.92 Å². The largest absolute Gasteiger partial charge is 0.492 e. The number of carbonyl (C=O) groups excluding carboxylic acids is 1. The van der Waals surface area contributed by atoms with Crippen LogP contribution in [0.2, 0.25) is 0 Å². The van der Waals surface area contributed by atoms with E-state index in [1.165, 1.54) is 0 Å². The molecule has 0 aliphatic carbocycles. The second kappa shape index (κ2) is 6.65. The highest BCUT2D eigenvalue weighted by atomic mass is 19.3. The smallest absolute Gasteiger partial charge is 0.255 e. The molecule has 2 rings (SSSR count). The lowest BCUT2D eigenvalue weighted by Crippen LogP contribution is -2.44. The number of benzene rings is 1. The van der Waals surface area contributed by atoms with Crippen LogP contribution >= 0.6 is 0 Å². The second-order valence-corrected chi connectivity index (χ2v) is 4.72. The molecule has 1 amide bonds. The van der Waals surface area contributed by atoms with Gasteiger partial charge in [0.1, 0.15) is 12.4 Å². The monoisotopic (exact) mass is 285 g/mol. The number of carbonyl (C=O) groups is 1. The first-order chi connectivity index (χ1) is 9.61. The Morgan fingerprint density at radius 3 is 2.90 bits per heavy atom. The van der Waals surface area contributed by atoms with Crippen molar-refractivity contribution in [1.29, 1.82) is 0 Å². The highest BCUT2D eigenvalue weighted by Crippen LogP contribution is 2.27. The van der Waals surface area contributed by atoms with Gasteiger partial charge in [-0.25, -0.2) is 8.78 Å². The van der Waals surface area contributed by atoms with Gasteiger partial charge in [0.05, 0.1) is 19.1 Å². The summed E-state index contributed by atoms with van der Waals surface area (Å²) in [6.45, 7) is -0.886. The van der Waals surface area contributed by atoms with Gasteiger partial charge in [0.2, 0.25) is 5.91 Å². The highest BCUT2D eigenvalue weighted by molar-refractivity contribution is 5.79. The third kappa shape index (κ3) is 3.45. The lowest BCUT2D eigenvalue weighted by Gasteiger charge is -2.29. The Morgan fingerprint density at radius 2 is 2.20 bits per heavy atom. The van der Waals surface area contributed by atoms with Gasteiger partial charge in [-0.1, -0.05) is 18.2 Å². The van der Waals surface area contributed by atoms with Crippen LogP contribution in [0.1, 0.15) is 5.56 Å². The van der Waals surface area contributed by atoms with Gasteiger partial charge in [0, 0.05) is 6.54 Å². The maximum absolute atomic E-state index is 12.5. The van der Waals surface area contributed by atoms with E-state index in [2.05, 4.69) is 0 Å². The van der Waals surface area contributed by atoms with E-state index in [0.29, 0.717) is 6.42 Å². The average molecular weight is 285 g/mol. The average Bonchev–Trinajstić information content (AvgIpc) is 2.45. The van der Waals surface area contributed by atoms with Gasteiger partial charge in [-0.15, -0.1) is 0 Å². The van der Waals surface area contributed by atoms with Crippen LogP contribution in [0.3, 0.4) is 0 Å². The highest BCUT2D eigenvalue weighted by Gasteiger charge is 2.30. The Kier molecular flexibility index (Phi) is 4.89. The predicted molar refractivity (Wildman–Crippen MR) is 68.8 cm³/mol. The van der Waals surface area contributed by atoms with Crippen LogP contribution in [0.25, 0.3) is 0 Å². The van der Waals surface area contributed by atoms with E-state index in [-0.39, 0.29) is 19.8 Å². The number of amides is 1. The van der Waals surface area contributed by atoms with Crippen molar-refractivity contribution in [2.24, 2.45) is 5.92 Å². The van der Waals surface area contributed by atoms with Crippen molar-refractivity contribution in [3.8, 4) is 5.75 Å². The molecule has 0 saturated carbocycles. The summed E-state index contributed by atoms with van der Waals surface area (Å²) in [6, 6.07) is 7.37. The van der Waals surface area contributed by atoms with Crippen molar-refractivity contribution in [2.45, 2.75) is 12.8 Å². The number of alkyl halides is 2. The van der Waals surface area contributed by atoms with Crippen molar-refractivity contribution in [2.75, 3.05) is 26.3 Å². The summed E-state index contributed by atoms with van der Waals surface area (Å²) in [5.41, 5.74) is 0.901. The summed E-state index contributed by atoms with van der Waals surface area (Å²) in [7, 11) is 0. The summed E-state index contributed by atoms with van der Waals surface area (Å²) in [5.74, 6) is -0.136. The van der Waals surface area contributed by atoms with Crippen LogP contribution in [0.5, 0.6) is 5.75 Å². The molecule has 0 spiro atoms. The van der Waals surface area contributed by atoms with E-state index in [9.17, 15) is 13.6 Å². The van der Waals surface area contributed by atoms with E-state index < -0.39 is 24.8 Å². The number of hydrogen-bond acceptors (Lipinski definition) is 3. The van der Waals surface area contributed by atoms with E-state index in [1.807, 2.05) is 24.3 Å². The van der Waals surface area contributed by atoms with Crippen molar-refractivity contribution in [3.05, 3.63) is 29.8 Å². The summed E-state index contributed by atoms with van der Waals surface area (Å²) in [4.78, 5) is 13.2. The van der Waals surface area contributed by atoms with Crippen LogP contribution in [0.15, 0.2) is 24.3 Å². The van der Waals surface area contributed by atoms with Crippen LogP contribution in [-0.2, 0) is 11.2 Å². The standard InChI is InChI=1S/C14H17F2NO3/c15-13(16)8-17(5-6-18)14(19)11-7-10-3-1-2-4-12(10)20-9-11/h1-4,11,13,18H,5-9H2. The Balaban J connectivity index is 2.05. The molecule has 0 radical (unpaired) electrons. The first-order valence-corrected chi connectivity index (χ1v) is 6.50.